The molecule has 0 saturated heterocycles. The van der Waals surface area contributed by atoms with Gasteiger partial charge in [0.15, 0.2) is 0 Å². The first-order chi connectivity index (χ1) is 15.3. The smallest absolute Gasteiger partial charge is 0.208 e. The monoisotopic (exact) mass is 463 g/mol. The molecular formula is C26H29N3O3S. The molecule has 0 bridgehead atoms. The summed E-state index contributed by atoms with van der Waals surface area (Å²) < 4.78 is 26.6. The molecule has 4 rings (SSSR count). The molecule has 33 heavy (non-hydrogen) atoms. The molecule has 3 aromatic carbocycles. The number of hydrogen-bond acceptors (Lipinski definition) is 5. The van der Waals surface area contributed by atoms with Crippen LogP contribution in [0.5, 0.6) is 5.75 Å². The predicted octanol–water partition coefficient (Wildman–Crippen LogP) is 5.55. The number of aromatic hydroxyl groups is 1. The van der Waals surface area contributed by atoms with E-state index in [1.807, 2.05) is 32.9 Å². The van der Waals surface area contributed by atoms with Gasteiger partial charge in [0.05, 0.1) is 4.90 Å². The number of aromatic nitrogens is 3. The van der Waals surface area contributed by atoms with Gasteiger partial charge < -0.3 is 5.11 Å². The summed E-state index contributed by atoms with van der Waals surface area (Å²) in [6.07, 6.45) is 0. The van der Waals surface area contributed by atoms with Crippen molar-refractivity contribution in [2.45, 2.75) is 62.2 Å². The summed E-state index contributed by atoms with van der Waals surface area (Å²) in [4.78, 5) is 1.62. The van der Waals surface area contributed by atoms with E-state index in [0.29, 0.717) is 11.2 Å². The van der Waals surface area contributed by atoms with Gasteiger partial charge in [-0.05, 0) is 46.7 Å². The van der Waals surface area contributed by atoms with Gasteiger partial charge in [-0.1, -0.05) is 71.9 Å². The molecule has 1 N–H and O–H groups in total. The first-order valence-corrected chi connectivity index (χ1v) is 12.3. The number of sulfone groups is 1. The van der Waals surface area contributed by atoms with Crippen molar-refractivity contribution >= 4 is 20.9 Å². The van der Waals surface area contributed by atoms with Crippen molar-refractivity contribution in [1.82, 2.24) is 15.0 Å². The highest BCUT2D eigenvalue weighted by Crippen LogP contribution is 2.39. The predicted molar refractivity (Wildman–Crippen MR) is 130 cm³/mol. The summed E-state index contributed by atoms with van der Waals surface area (Å²) in [5, 5.41) is 20.3. The average molecular weight is 464 g/mol. The highest BCUT2D eigenvalue weighted by molar-refractivity contribution is 7.91. The van der Waals surface area contributed by atoms with Crippen LogP contribution in [0.2, 0.25) is 0 Å². The van der Waals surface area contributed by atoms with E-state index < -0.39 is 9.84 Å². The van der Waals surface area contributed by atoms with Crippen LogP contribution >= 0.6 is 0 Å². The highest BCUT2D eigenvalue weighted by atomic mass is 32.2. The molecule has 0 fully saturated rings. The Morgan fingerprint density at radius 3 is 2.09 bits per heavy atom. The quantitative estimate of drug-likeness (QED) is 0.430. The zero-order valence-corrected chi connectivity index (χ0v) is 20.6. The maximum absolute atomic E-state index is 13.3. The Hall–Kier alpha value is -3.19. The number of phenols is 1. The normalized spacial score (nSPS) is 12.9. The molecule has 7 heteroatoms. The Morgan fingerprint density at radius 1 is 0.818 bits per heavy atom. The molecule has 0 aliphatic heterocycles. The molecule has 0 atom stereocenters. The lowest BCUT2D eigenvalue weighted by molar-refractivity contribution is 0.438. The van der Waals surface area contributed by atoms with Crippen LogP contribution in [0.3, 0.4) is 0 Å². The van der Waals surface area contributed by atoms with Crippen molar-refractivity contribution in [3.63, 3.8) is 0 Å². The van der Waals surface area contributed by atoms with E-state index in [1.54, 1.807) is 42.5 Å². The highest BCUT2D eigenvalue weighted by Gasteiger charge is 2.27. The van der Waals surface area contributed by atoms with Crippen LogP contribution in [0.15, 0.2) is 70.5 Å². The van der Waals surface area contributed by atoms with Crippen molar-refractivity contribution < 1.29 is 13.5 Å². The van der Waals surface area contributed by atoms with Crippen LogP contribution in [-0.2, 0) is 20.7 Å². The lowest BCUT2D eigenvalue weighted by Gasteiger charge is -2.27. The van der Waals surface area contributed by atoms with Crippen molar-refractivity contribution in [3.05, 3.63) is 71.8 Å². The number of fused-ring (bicyclic) bond motifs is 1. The van der Waals surface area contributed by atoms with Crippen molar-refractivity contribution in [2.75, 3.05) is 0 Å². The third-order valence-electron chi connectivity index (χ3n) is 5.70. The third kappa shape index (κ3) is 4.13. The maximum atomic E-state index is 13.3. The minimum Gasteiger partial charge on any atom is -0.505 e. The molecule has 0 aliphatic carbocycles. The van der Waals surface area contributed by atoms with E-state index in [1.165, 1.54) is 10.9 Å². The van der Waals surface area contributed by atoms with Gasteiger partial charge in [0.2, 0.25) is 9.84 Å². The molecular weight excluding hydrogens is 434 g/mol. The lowest BCUT2D eigenvalue weighted by atomic mass is 9.80. The molecule has 1 aromatic heterocycles. The third-order valence-corrected chi connectivity index (χ3v) is 7.50. The molecule has 0 amide bonds. The number of nitrogens with zero attached hydrogens (tertiary/aromatic N) is 3. The average Bonchev–Trinajstić information content (AvgIpc) is 3.16. The Bertz CT molecular complexity index is 1440. The van der Waals surface area contributed by atoms with Crippen molar-refractivity contribution in [2.24, 2.45) is 0 Å². The van der Waals surface area contributed by atoms with Crippen LogP contribution in [0.25, 0.3) is 16.7 Å². The Labute approximate surface area is 194 Å². The summed E-state index contributed by atoms with van der Waals surface area (Å²) in [5.74, 6) is 0.0864. The van der Waals surface area contributed by atoms with Gasteiger partial charge in [-0.25, -0.2) is 8.42 Å². The number of phenolic OH excluding ortho intramolecular Hbond substituents is 1. The van der Waals surface area contributed by atoms with Gasteiger partial charge in [-0.15, -0.1) is 15.0 Å². The summed E-state index contributed by atoms with van der Waals surface area (Å²) in [7, 11) is -3.79. The van der Waals surface area contributed by atoms with Crippen molar-refractivity contribution in [3.8, 4) is 11.4 Å². The SMILES string of the molecule is CC(C)(C)c1cc(-n2nc3cccc(S(=O)(=O)c4ccccc4)c3n2)c(O)c(C(C)(C)C)c1. The molecule has 6 nitrogen and oxygen atoms in total. The summed E-state index contributed by atoms with van der Waals surface area (Å²) in [5.41, 5.74) is 2.45. The summed E-state index contributed by atoms with van der Waals surface area (Å²) in [6, 6.07) is 17.1. The van der Waals surface area contributed by atoms with E-state index in [2.05, 4.69) is 31.0 Å². The van der Waals surface area contributed by atoms with E-state index in [9.17, 15) is 13.5 Å². The zero-order chi connectivity index (χ0) is 24.2. The maximum Gasteiger partial charge on any atom is 0.208 e. The minimum absolute atomic E-state index is 0.0833. The van der Waals surface area contributed by atoms with Gasteiger partial charge in [0.25, 0.3) is 0 Å². The Morgan fingerprint density at radius 2 is 1.48 bits per heavy atom. The Balaban J connectivity index is 1.97. The fourth-order valence-electron chi connectivity index (χ4n) is 3.74. The van der Waals surface area contributed by atoms with Crippen molar-refractivity contribution in [1.29, 1.82) is 0 Å². The fourth-order valence-corrected chi connectivity index (χ4v) is 5.17. The fraction of sp³-hybridized carbons (Fsp3) is 0.308. The molecule has 1 heterocycles. The second kappa shape index (κ2) is 7.70. The molecule has 0 unspecified atom stereocenters. The van der Waals surface area contributed by atoms with Gasteiger partial charge >= 0.3 is 0 Å². The van der Waals surface area contributed by atoms with Gasteiger partial charge in [0.1, 0.15) is 27.4 Å². The van der Waals surface area contributed by atoms with Gasteiger partial charge in [-0.2, -0.15) is 0 Å². The standard InChI is InChI=1S/C26H29N3O3S/c1-25(2,3)17-15-19(26(4,5)6)24(30)21(16-17)29-27-20-13-10-14-22(23(20)28-29)33(31,32)18-11-8-7-9-12-18/h7-16,30H,1-6H3. The number of rotatable bonds is 3. The van der Waals surface area contributed by atoms with E-state index in [4.69, 9.17) is 0 Å². The van der Waals surface area contributed by atoms with Crippen LogP contribution in [-0.4, -0.2) is 28.5 Å². The lowest BCUT2D eigenvalue weighted by Crippen LogP contribution is -2.18. The van der Waals surface area contributed by atoms with Crippen LogP contribution < -0.4 is 0 Å². The molecule has 0 radical (unpaired) electrons. The first-order valence-electron chi connectivity index (χ1n) is 10.8. The Kier molecular flexibility index (Phi) is 5.36. The molecule has 0 aliphatic rings. The number of hydrogen-bond donors (Lipinski definition) is 1. The molecule has 4 aromatic rings. The molecule has 0 saturated carbocycles. The molecule has 172 valence electrons. The summed E-state index contributed by atoms with van der Waals surface area (Å²) in [6.45, 7) is 12.4. The van der Waals surface area contributed by atoms with E-state index >= 15 is 0 Å². The minimum atomic E-state index is -3.79. The number of benzene rings is 3. The zero-order valence-electron chi connectivity index (χ0n) is 19.8. The van der Waals surface area contributed by atoms with Gasteiger partial charge in [-0.3, -0.25) is 0 Å². The molecule has 0 spiro atoms. The van der Waals surface area contributed by atoms with Crippen LogP contribution in [0.1, 0.15) is 52.7 Å². The topological polar surface area (TPSA) is 85.1 Å². The van der Waals surface area contributed by atoms with Crippen LogP contribution in [0.4, 0.5) is 0 Å². The van der Waals surface area contributed by atoms with Gasteiger partial charge in [0, 0.05) is 5.56 Å². The van der Waals surface area contributed by atoms with E-state index in [0.717, 1.165) is 11.1 Å². The summed E-state index contributed by atoms with van der Waals surface area (Å²) >= 11 is 0. The van der Waals surface area contributed by atoms with Crippen LogP contribution in [0, 0.1) is 0 Å². The largest absolute Gasteiger partial charge is 0.505 e. The first kappa shape index (κ1) is 23.0. The van der Waals surface area contributed by atoms with E-state index in [-0.39, 0.29) is 31.9 Å². The second-order valence-corrected chi connectivity index (χ2v) is 12.2. The second-order valence-electron chi connectivity index (χ2n) is 10.3.